The number of aliphatic hydroxyl groups is 5. The number of ether oxygens (including phenoxy) is 1. The molecule has 8 N–H and O–H groups in total. The Labute approximate surface area is 319 Å². The number of pyridine rings is 1. The summed E-state index contributed by atoms with van der Waals surface area (Å²) in [6, 6.07) is 12.3. The van der Waals surface area contributed by atoms with Crippen LogP contribution in [0.25, 0.3) is 11.1 Å². The average molecular weight is 797 g/mol. The summed E-state index contributed by atoms with van der Waals surface area (Å²) in [4.78, 5) is 16.5. The van der Waals surface area contributed by atoms with Crippen LogP contribution < -0.4 is 20.7 Å². The third kappa shape index (κ3) is 10.4. The van der Waals surface area contributed by atoms with Crippen LogP contribution in [-0.2, 0) is 22.1 Å². The van der Waals surface area contributed by atoms with Crippen molar-refractivity contribution >= 4 is 39.3 Å². The van der Waals surface area contributed by atoms with Crippen LogP contribution in [0.3, 0.4) is 0 Å². The van der Waals surface area contributed by atoms with E-state index in [1.54, 1.807) is 6.20 Å². The van der Waals surface area contributed by atoms with Crippen LogP contribution in [0.15, 0.2) is 59.8 Å². The van der Waals surface area contributed by atoms with Gasteiger partial charge in [0.2, 0.25) is 10.0 Å². The Bertz CT molecular complexity index is 1830. The van der Waals surface area contributed by atoms with E-state index >= 15 is 0 Å². The minimum Gasteiger partial charge on any atom is -0.490 e. The number of rotatable bonds is 20. The van der Waals surface area contributed by atoms with Crippen molar-refractivity contribution in [2.75, 3.05) is 33.3 Å². The number of aromatic nitrogens is 1. The molecule has 2 aliphatic rings. The molecule has 0 saturated heterocycles. The molecule has 2 saturated carbocycles. The molecule has 0 radical (unpaired) electrons. The standard InChI is InChI=1S/C36H47Cl2N5O9S/c1-43(15-5-4-13-40-35(49)41-20-29(45)33(47)34(48)30(46)21-44)53(50,51)32-16-22(27(37)17-28(32)38)18-42-36(11-12-36)26-19-39-14-10-24(26)25-6-2-3-7-31(25)52-23-8-9-23/h2-3,6-7,10,14,16-17,19,23,29-30,33-34,42,44-48H,4-5,8-9,11-13,15,18,20-21H2,1H3,(H2,40,41,49)/t29-,30+,33+,34+/m0/s1. The van der Waals surface area contributed by atoms with Crippen LogP contribution in [0.2, 0.25) is 10.0 Å². The van der Waals surface area contributed by atoms with Crippen molar-refractivity contribution in [3.8, 4) is 16.9 Å². The monoisotopic (exact) mass is 795 g/mol. The highest BCUT2D eigenvalue weighted by Gasteiger charge is 2.46. The number of amides is 2. The highest BCUT2D eigenvalue weighted by molar-refractivity contribution is 7.89. The molecule has 2 fully saturated rings. The molecule has 14 nitrogen and oxygen atoms in total. The number of hydrogen-bond donors (Lipinski definition) is 8. The number of sulfonamides is 1. The van der Waals surface area contributed by atoms with Crippen LogP contribution >= 0.6 is 23.2 Å². The van der Waals surface area contributed by atoms with Crippen molar-refractivity contribution in [1.82, 2.24) is 25.2 Å². The Morgan fingerprint density at radius 3 is 2.42 bits per heavy atom. The Morgan fingerprint density at radius 1 is 1.00 bits per heavy atom. The van der Waals surface area contributed by atoms with E-state index in [4.69, 9.17) is 33.0 Å². The lowest BCUT2D eigenvalue weighted by Crippen LogP contribution is -2.50. The van der Waals surface area contributed by atoms with Gasteiger partial charge in [-0.05, 0) is 79.5 Å². The summed E-state index contributed by atoms with van der Waals surface area (Å²) in [5.41, 5.74) is 3.24. The van der Waals surface area contributed by atoms with Gasteiger partial charge in [0, 0.05) is 61.7 Å². The normalized spacial score (nSPS) is 17.5. The third-order valence-corrected chi connectivity index (χ3v) is 12.1. The molecule has 3 aromatic rings. The molecular formula is C36H47Cl2N5O9S. The van der Waals surface area contributed by atoms with Gasteiger partial charge in [-0.2, -0.15) is 0 Å². The van der Waals surface area contributed by atoms with Crippen LogP contribution in [0.1, 0.15) is 49.7 Å². The minimum absolute atomic E-state index is 0.00224. The number of hydrogen-bond acceptors (Lipinski definition) is 11. The van der Waals surface area contributed by atoms with E-state index in [2.05, 4.69) is 27.0 Å². The van der Waals surface area contributed by atoms with E-state index < -0.39 is 53.6 Å². The maximum absolute atomic E-state index is 13.6. The van der Waals surface area contributed by atoms with Crippen molar-refractivity contribution in [2.24, 2.45) is 0 Å². The largest absolute Gasteiger partial charge is 0.490 e. The second-order valence-corrected chi connectivity index (χ2v) is 16.3. The third-order valence-electron chi connectivity index (χ3n) is 9.47. The number of benzene rings is 2. The molecule has 2 aliphatic carbocycles. The fourth-order valence-corrected chi connectivity index (χ4v) is 7.94. The van der Waals surface area contributed by atoms with Gasteiger partial charge in [0.1, 0.15) is 29.0 Å². The Kier molecular flexibility index (Phi) is 14.0. The lowest BCUT2D eigenvalue weighted by Gasteiger charge is -2.25. The van der Waals surface area contributed by atoms with Crippen molar-refractivity contribution in [2.45, 2.75) is 86.0 Å². The maximum Gasteiger partial charge on any atom is 0.314 e. The second kappa shape index (κ2) is 18.0. The first-order valence-electron chi connectivity index (χ1n) is 17.5. The van der Waals surface area contributed by atoms with Gasteiger partial charge in [-0.1, -0.05) is 41.4 Å². The van der Waals surface area contributed by atoms with Crippen molar-refractivity contribution in [3.05, 3.63) is 76.0 Å². The summed E-state index contributed by atoms with van der Waals surface area (Å²) >= 11 is 13.0. The highest BCUT2D eigenvalue weighted by atomic mass is 35.5. The van der Waals surface area contributed by atoms with Crippen LogP contribution in [0.5, 0.6) is 5.75 Å². The Balaban J connectivity index is 1.15. The van der Waals surface area contributed by atoms with Crippen LogP contribution in [-0.4, -0.2) is 113 Å². The zero-order valence-electron chi connectivity index (χ0n) is 29.3. The molecule has 4 atom stereocenters. The van der Waals surface area contributed by atoms with E-state index in [1.807, 2.05) is 30.5 Å². The molecule has 2 aromatic carbocycles. The summed E-state index contributed by atoms with van der Waals surface area (Å²) < 4.78 is 34.7. The molecule has 1 aromatic heterocycles. The zero-order chi connectivity index (χ0) is 38.3. The number of nitrogens with one attached hydrogen (secondary N) is 3. The number of carbonyl (C=O) groups is 1. The first-order valence-corrected chi connectivity index (χ1v) is 19.7. The van der Waals surface area contributed by atoms with E-state index in [-0.39, 0.29) is 41.2 Å². The van der Waals surface area contributed by atoms with Crippen LogP contribution in [0, 0.1) is 0 Å². The summed E-state index contributed by atoms with van der Waals surface area (Å²) in [6.07, 6.45) is 1.66. The first kappa shape index (κ1) is 41.1. The number of carbonyl (C=O) groups excluding carboxylic acids is 1. The number of nitrogens with zero attached hydrogens (tertiary/aromatic N) is 2. The molecule has 0 aliphatic heterocycles. The molecule has 290 valence electrons. The molecule has 1 heterocycles. The number of halogens is 2. The Hall–Kier alpha value is -3.09. The lowest BCUT2D eigenvalue weighted by atomic mass is 9.94. The topological polar surface area (TPSA) is 214 Å². The average Bonchev–Trinajstić information content (AvgIpc) is 4.10. The fraction of sp³-hybridized carbons (Fsp3) is 0.500. The van der Waals surface area contributed by atoms with Crippen molar-refractivity contribution < 1.29 is 43.5 Å². The molecule has 2 amide bonds. The van der Waals surface area contributed by atoms with Gasteiger partial charge in [-0.15, -0.1) is 0 Å². The Morgan fingerprint density at radius 2 is 1.72 bits per heavy atom. The zero-order valence-corrected chi connectivity index (χ0v) is 31.6. The molecular weight excluding hydrogens is 749 g/mol. The van der Waals surface area contributed by atoms with Crippen molar-refractivity contribution in [1.29, 1.82) is 0 Å². The van der Waals surface area contributed by atoms with Gasteiger partial charge in [0.15, 0.2) is 0 Å². The maximum atomic E-state index is 13.6. The molecule has 0 bridgehead atoms. The lowest BCUT2D eigenvalue weighted by molar-refractivity contribution is -0.113. The predicted molar refractivity (Wildman–Crippen MR) is 199 cm³/mol. The second-order valence-electron chi connectivity index (χ2n) is 13.5. The van der Waals surface area contributed by atoms with Gasteiger partial charge in [0.05, 0.1) is 23.8 Å². The molecule has 17 heteroatoms. The smallest absolute Gasteiger partial charge is 0.314 e. The van der Waals surface area contributed by atoms with E-state index in [0.717, 1.165) is 48.1 Å². The van der Waals surface area contributed by atoms with E-state index in [9.17, 15) is 33.6 Å². The fourth-order valence-electron chi connectivity index (χ4n) is 5.90. The molecule has 0 spiro atoms. The summed E-state index contributed by atoms with van der Waals surface area (Å²) in [6.45, 7) is -0.652. The summed E-state index contributed by atoms with van der Waals surface area (Å²) in [5, 5.41) is 56.6. The summed E-state index contributed by atoms with van der Waals surface area (Å²) in [5.74, 6) is 0.837. The number of aliphatic hydroxyl groups excluding tert-OH is 5. The SMILES string of the molecule is CN(CCCCNC(=O)NC[C@H](O)[C@@H](O)[C@H](O)[C@H](O)CO)S(=O)(=O)c1cc(CNC2(c3cnccc3-c3ccccc3OC3CC3)CC2)c(Cl)cc1Cl. The number of para-hydroxylation sites is 1. The number of unbranched alkanes of at least 4 members (excludes halogenated alkanes) is 1. The van der Waals surface area contributed by atoms with Gasteiger partial charge in [0.25, 0.3) is 0 Å². The highest BCUT2D eigenvalue weighted by Crippen LogP contribution is 2.50. The van der Waals surface area contributed by atoms with Crippen LogP contribution in [0.4, 0.5) is 4.79 Å². The van der Waals surface area contributed by atoms with E-state index in [1.165, 1.54) is 23.5 Å². The van der Waals surface area contributed by atoms with Gasteiger partial charge in [-0.3, -0.25) is 4.98 Å². The summed E-state index contributed by atoms with van der Waals surface area (Å²) in [7, 11) is -2.57. The van der Waals surface area contributed by atoms with Gasteiger partial charge >= 0.3 is 6.03 Å². The molecule has 53 heavy (non-hydrogen) atoms. The minimum atomic E-state index is -4.01. The molecule has 5 rings (SSSR count). The van der Waals surface area contributed by atoms with Gasteiger partial charge in [-0.25, -0.2) is 17.5 Å². The predicted octanol–water partition coefficient (Wildman–Crippen LogP) is 2.51. The quantitative estimate of drug-likeness (QED) is 0.0779. The van der Waals surface area contributed by atoms with E-state index in [0.29, 0.717) is 23.4 Å². The number of urea groups is 1. The molecule has 0 unspecified atom stereocenters. The van der Waals surface area contributed by atoms with Crippen molar-refractivity contribution in [3.63, 3.8) is 0 Å². The van der Waals surface area contributed by atoms with Gasteiger partial charge < -0.3 is 46.2 Å². The first-order chi connectivity index (χ1) is 25.3.